The Morgan fingerprint density at radius 2 is 1.70 bits per heavy atom. The fraction of sp³-hybridized carbons (Fsp3) is 0.200. The predicted molar refractivity (Wildman–Crippen MR) is 129 cm³/mol. The van der Waals surface area contributed by atoms with Gasteiger partial charge in [0.2, 0.25) is 5.13 Å². The minimum absolute atomic E-state index is 0. The summed E-state index contributed by atoms with van der Waals surface area (Å²) in [4.78, 5) is 6.46. The zero-order chi connectivity index (χ0) is 22.3. The fourth-order valence-electron chi connectivity index (χ4n) is 3.35. The highest BCUT2D eigenvalue weighted by atomic mass is 35.5. The highest BCUT2D eigenvalue weighted by molar-refractivity contribution is 7.13. The Bertz CT molecular complexity index is 1180. The second kappa shape index (κ2) is 11.5. The molecular weight excluding hydrogens is 454 g/mol. The third kappa shape index (κ3) is 6.37. The van der Waals surface area contributed by atoms with Crippen LogP contribution in [0.4, 0.5) is 22.2 Å². The van der Waals surface area contributed by atoms with Gasteiger partial charge in [-0.05, 0) is 67.4 Å². The lowest BCUT2D eigenvalue weighted by Gasteiger charge is -2.24. The van der Waals surface area contributed by atoms with Gasteiger partial charge < -0.3 is 22.0 Å². The van der Waals surface area contributed by atoms with Crippen molar-refractivity contribution in [3.05, 3.63) is 89.7 Å². The average molecular weight is 480 g/mol. The monoisotopic (exact) mass is 479 g/mol. The number of thiazole rings is 1. The van der Waals surface area contributed by atoms with Crippen molar-refractivity contribution in [2.75, 3.05) is 18.6 Å². The molecule has 0 aliphatic carbocycles. The second-order valence-electron chi connectivity index (χ2n) is 7.45. The van der Waals surface area contributed by atoms with Crippen LogP contribution in [0.3, 0.4) is 0 Å². The Hall–Kier alpha value is -3.29. The van der Waals surface area contributed by atoms with Crippen molar-refractivity contribution in [3.63, 3.8) is 0 Å². The number of rotatable bonds is 8. The number of anilines is 2. The largest absolute Gasteiger partial charge is 1.00 e. The Kier molecular flexibility index (Phi) is 8.52. The summed E-state index contributed by atoms with van der Waals surface area (Å²) < 4.78 is 7.54. The van der Waals surface area contributed by atoms with Crippen LogP contribution in [0.25, 0.3) is 0 Å². The van der Waals surface area contributed by atoms with Gasteiger partial charge in [-0.15, -0.1) is 21.6 Å². The number of methoxy groups -OCH3 is 1. The third-order valence-electron chi connectivity index (χ3n) is 5.18. The number of azo groups is 1. The smallest absolute Gasteiger partial charge is 0.229 e. The quantitative estimate of drug-likeness (QED) is 0.288. The van der Waals surface area contributed by atoms with Crippen LogP contribution in [0.5, 0.6) is 5.75 Å². The van der Waals surface area contributed by atoms with Crippen molar-refractivity contribution < 1.29 is 21.7 Å². The van der Waals surface area contributed by atoms with Crippen LogP contribution < -0.4 is 26.6 Å². The molecule has 0 bridgehead atoms. The lowest BCUT2D eigenvalue weighted by atomic mass is 10.1. The number of aryl methyl sites for hydroxylation is 2. The summed E-state index contributed by atoms with van der Waals surface area (Å²) in [6.07, 6.45) is 5.97. The van der Waals surface area contributed by atoms with Crippen LogP contribution in [0, 0.1) is 13.8 Å². The van der Waals surface area contributed by atoms with E-state index in [1.54, 1.807) is 13.3 Å². The summed E-state index contributed by atoms with van der Waals surface area (Å²) in [7, 11) is 1.68. The van der Waals surface area contributed by atoms with E-state index in [0.29, 0.717) is 5.13 Å². The summed E-state index contributed by atoms with van der Waals surface area (Å²) in [5.41, 5.74) is 5.37. The van der Waals surface area contributed by atoms with Gasteiger partial charge in [-0.25, -0.2) is 9.55 Å². The van der Waals surface area contributed by atoms with E-state index < -0.39 is 0 Å². The highest BCUT2D eigenvalue weighted by Gasteiger charge is 2.14. The summed E-state index contributed by atoms with van der Waals surface area (Å²) in [5, 5.41) is 11.2. The molecule has 0 fully saturated rings. The summed E-state index contributed by atoms with van der Waals surface area (Å²) in [5.74, 6) is 0.843. The molecule has 0 amide bonds. The first-order chi connectivity index (χ1) is 15.6. The molecule has 4 rings (SSSR count). The molecule has 0 radical (unpaired) electrons. The van der Waals surface area contributed by atoms with Crippen molar-refractivity contribution in [1.82, 2.24) is 4.98 Å². The van der Waals surface area contributed by atoms with Crippen molar-refractivity contribution in [1.29, 1.82) is 0 Å². The SMILES string of the molecule is COc1ccc(N(CC[n+]2ccc(C)cc2)c2ccc(N=Nc3nccs3)c(C)c2)cc1.[Cl-]. The maximum atomic E-state index is 5.34. The molecule has 2 heterocycles. The van der Waals surface area contributed by atoms with Crippen LogP contribution in [-0.2, 0) is 6.54 Å². The van der Waals surface area contributed by atoms with E-state index in [-0.39, 0.29) is 12.4 Å². The molecule has 170 valence electrons. The van der Waals surface area contributed by atoms with Crippen molar-refractivity contribution in [2.45, 2.75) is 20.4 Å². The third-order valence-corrected chi connectivity index (χ3v) is 5.83. The molecule has 33 heavy (non-hydrogen) atoms. The average Bonchev–Trinajstić information content (AvgIpc) is 3.34. The van der Waals surface area contributed by atoms with E-state index in [9.17, 15) is 0 Å². The minimum Gasteiger partial charge on any atom is -1.00 e. The van der Waals surface area contributed by atoms with Gasteiger partial charge in [-0.2, -0.15) is 0 Å². The summed E-state index contributed by atoms with van der Waals surface area (Å²) in [6.45, 7) is 5.83. The maximum Gasteiger partial charge on any atom is 0.229 e. The first-order valence-electron chi connectivity index (χ1n) is 10.4. The Labute approximate surface area is 204 Å². The summed E-state index contributed by atoms with van der Waals surface area (Å²) >= 11 is 1.47. The Morgan fingerprint density at radius 1 is 0.970 bits per heavy atom. The number of pyridine rings is 1. The van der Waals surface area contributed by atoms with E-state index >= 15 is 0 Å². The molecule has 8 heteroatoms. The second-order valence-corrected chi connectivity index (χ2v) is 8.32. The van der Waals surface area contributed by atoms with Crippen molar-refractivity contribution in [2.24, 2.45) is 10.2 Å². The topological polar surface area (TPSA) is 54.0 Å². The summed E-state index contributed by atoms with van der Waals surface area (Å²) in [6, 6.07) is 18.7. The molecule has 0 spiro atoms. The van der Waals surface area contributed by atoms with Crippen LogP contribution >= 0.6 is 11.3 Å². The van der Waals surface area contributed by atoms with Crippen LogP contribution in [-0.4, -0.2) is 18.6 Å². The van der Waals surface area contributed by atoms with E-state index in [4.69, 9.17) is 4.74 Å². The molecule has 0 atom stereocenters. The highest BCUT2D eigenvalue weighted by Crippen LogP contribution is 2.31. The van der Waals surface area contributed by atoms with Gasteiger partial charge in [-0.1, -0.05) is 0 Å². The van der Waals surface area contributed by atoms with Gasteiger partial charge in [-0.3, -0.25) is 0 Å². The molecule has 0 aliphatic heterocycles. The van der Waals surface area contributed by atoms with Gasteiger partial charge in [0.05, 0.1) is 19.3 Å². The normalized spacial score (nSPS) is 10.8. The molecule has 0 saturated carbocycles. The lowest BCUT2D eigenvalue weighted by Crippen LogP contribution is -3.00. The standard InChI is InChI=1S/C25H26N5OS.ClH/c1-19-10-13-29(14-11-19)15-16-30(21-4-7-23(31-3)8-5-21)22-6-9-24(20(2)18-22)27-28-25-26-12-17-32-25;/h4-14,17-18H,15-16H2,1-3H3;1H/q+1;/p-1. The molecule has 0 unspecified atom stereocenters. The molecule has 0 aliphatic rings. The van der Waals surface area contributed by atoms with Gasteiger partial charge in [0.1, 0.15) is 5.75 Å². The van der Waals surface area contributed by atoms with Gasteiger partial charge in [0, 0.05) is 35.1 Å². The van der Waals surface area contributed by atoms with Crippen molar-refractivity contribution >= 4 is 33.5 Å². The van der Waals surface area contributed by atoms with E-state index in [2.05, 4.69) is 87.3 Å². The molecule has 0 N–H and O–H groups in total. The number of hydrogen-bond donors (Lipinski definition) is 0. The van der Waals surface area contributed by atoms with Gasteiger partial charge >= 0.3 is 0 Å². The van der Waals surface area contributed by atoms with E-state index in [1.165, 1.54) is 16.9 Å². The van der Waals surface area contributed by atoms with E-state index in [1.807, 2.05) is 23.6 Å². The number of ether oxygens (including phenoxy) is 1. The van der Waals surface area contributed by atoms with E-state index in [0.717, 1.165) is 41.5 Å². The number of hydrogen-bond acceptors (Lipinski definition) is 6. The number of nitrogens with zero attached hydrogens (tertiary/aromatic N) is 5. The number of benzene rings is 2. The Morgan fingerprint density at radius 3 is 2.33 bits per heavy atom. The molecule has 2 aromatic heterocycles. The zero-order valence-corrected chi connectivity index (χ0v) is 20.4. The zero-order valence-electron chi connectivity index (χ0n) is 18.9. The van der Waals surface area contributed by atoms with Gasteiger partial charge in [0.15, 0.2) is 18.9 Å². The number of aromatic nitrogens is 2. The molecule has 4 aromatic rings. The molecule has 6 nitrogen and oxygen atoms in total. The predicted octanol–water partition coefficient (Wildman–Crippen LogP) is 3.31. The minimum atomic E-state index is 0. The fourth-order valence-corrected chi connectivity index (χ4v) is 3.80. The van der Waals surface area contributed by atoms with Crippen LogP contribution in [0.2, 0.25) is 0 Å². The molecule has 2 aromatic carbocycles. The van der Waals surface area contributed by atoms with Crippen LogP contribution in [0.15, 0.2) is 88.8 Å². The molecular formula is C25H26ClN5OS. The lowest BCUT2D eigenvalue weighted by molar-refractivity contribution is -0.694. The maximum absolute atomic E-state index is 5.34. The van der Waals surface area contributed by atoms with Crippen LogP contribution in [0.1, 0.15) is 11.1 Å². The number of halogens is 1. The first-order valence-corrected chi connectivity index (χ1v) is 11.3. The Balaban J connectivity index is 0.00000306. The molecule has 0 saturated heterocycles. The van der Waals surface area contributed by atoms with Crippen molar-refractivity contribution in [3.8, 4) is 5.75 Å². The van der Waals surface area contributed by atoms with Gasteiger partial charge in [0.25, 0.3) is 0 Å². The first kappa shape index (κ1) is 24.4.